The van der Waals surface area contributed by atoms with E-state index < -0.39 is 6.10 Å². The van der Waals surface area contributed by atoms with Crippen LogP contribution in [0.25, 0.3) is 0 Å². The summed E-state index contributed by atoms with van der Waals surface area (Å²) in [6, 6.07) is 0. The first-order chi connectivity index (χ1) is 32.6. The van der Waals surface area contributed by atoms with Crippen molar-refractivity contribution in [3.8, 4) is 0 Å². The molecule has 0 aromatic carbocycles. The second-order valence-corrected chi connectivity index (χ2v) is 18.6. The van der Waals surface area contributed by atoms with E-state index in [1.165, 1.54) is 161 Å². The molecule has 380 valence electrons. The maximum atomic E-state index is 12.3. The van der Waals surface area contributed by atoms with E-state index in [-0.39, 0.29) is 25.2 Å². The predicted octanol–water partition coefficient (Wildman–Crippen LogP) is 19.0. The minimum absolute atomic E-state index is 0.0639. The molecule has 1 atom stereocenters. The van der Waals surface area contributed by atoms with Gasteiger partial charge in [-0.25, -0.2) is 0 Å². The van der Waals surface area contributed by atoms with Gasteiger partial charge in [-0.1, -0.05) is 272 Å². The SMILES string of the molecule is CC/C=C\C/C=C\C/C=C\C/C=C\C/C=C\C/C=C\C/C=C\CCCCCCCCCCCCCCCCCC(=O)OC(CO)COC(=O)CCCCCCCCCCCCCCCCC. The molecule has 5 nitrogen and oxygen atoms in total. The van der Waals surface area contributed by atoms with Gasteiger partial charge < -0.3 is 14.6 Å². The van der Waals surface area contributed by atoms with E-state index in [2.05, 4.69) is 98.9 Å². The van der Waals surface area contributed by atoms with E-state index in [1.54, 1.807) is 0 Å². The smallest absolute Gasteiger partial charge is 0.306 e. The Hall–Kier alpha value is -2.92. The van der Waals surface area contributed by atoms with Gasteiger partial charge in [0.05, 0.1) is 6.61 Å². The van der Waals surface area contributed by atoms with Crippen LogP contribution in [-0.4, -0.2) is 36.4 Å². The second kappa shape index (κ2) is 56.4. The van der Waals surface area contributed by atoms with Crippen molar-refractivity contribution >= 4 is 11.9 Å². The summed E-state index contributed by atoms with van der Waals surface area (Å²) >= 11 is 0. The van der Waals surface area contributed by atoms with Crippen LogP contribution >= 0.6 is 0 Å². The van der Waals surface area contributed by atoms with Crippen LogP contribution in [0, 0.1) is 0 Å². The van der Waals surface area contributed by atoms with E-state index in [9.17, 15) is 14.7 Å². The van der Waals surface area contributed by atoms with Crippen LogP contribution in [-0.2, 0) is 19.1 Å². The minimum atomic E-state index is -0.772. The summed E-state index contributed by atoms with van der Waals surface area (Å²) in [7, 11) is 0. The number of ether oxygens (including phenoxy) is 2. The van der Waals surface area contributed by atoms with Crippen LogP contribution in [0.1, 0.15) is 271 Å². The van der Waals surface area contributed by atoms with E-state index >= 15 is 0 Å². The van der Waals surface area contributed by atoms with Gasteiger partial charge in [0.2, 0.25) is 0 Å². The summed E-state index contributed by atoms with van der Waals surface area (Å²) in [6.07, 6.45) is 78.4. The molecule has 0 heterocycles. The van der Waals surface area contributed by atoms with Crippen LogP contribution in [0.3, 0.4) is 0 Å². The number of hydrogen-bond acceptors (Lipinski definition) is 5. The lowest BCUT2D eigenvalue weighted by molar-refractivity contribution is -0.161. The summed E-state index contributed by atoms with van der Waals surface area (Å²) in [5, 5.41) is 9.63. The molecule has 0 saturated heterocycles. The Labute approximate surface area is 409 Å². The molecule has 0 radical (unpaired) electrons. The molecular weight excluding hydrogens is 813 g/mol. The number of allylic oxidation sites excluding steroid dienone is 14. The molecule has 0 bridgehead atoms. The van der Waals surface area contributed by atoms with Crippen LogP contribution in [0.2, 0.25) is 0 Å². The molecule has 0 fully saturated rings. The number of carbonyl (C=O) groups is 2. The third-order valence-corrected chi connectivity index (χ3v) is 12.2. The topological polar surface area (TPSA) is 72.8 Å². The van der Waals surface area contributed by atoms with Crippen molar-refractivity contribution in [2.75, 3.05) is 13.2 Å². The van der Waals surface area contributed by atoms with E-state index in [0.29, 0.717) is 12.8 Å². The molecule has 0 aliphatic heterocycles. The van der Waals surface area contributed by atoms with Crippen molar-refractivity contribution in [3.63, 3.8) is 0 Å². The quantitative estimate of drug-likeness (QED) is 0.0374. The Bertz CT molecular complexity index is 1220. The average Bonchev–Trinajstić information content (AvgIpc) is 3.32. The fourth-order valence-electron chi connectivity index (χ4n) is 8.01. The Morgan fingerprint density at radius 2 is 0.652 bits per heavy atom. The van der Waals surface area contributed by atoms with E-state index in [1.807, 2.05) is 0 Å². The van der Waals surface area contributed by atoms with Gasteiger partial charge in [0.15, 0.2) is 6.10 Å². The van der Waals surface area contributed by atoms with Gasteiger partial charge in [-0.15, -0.1) is 0 Å². The summed E-state index contributed by atoms with van der Waals surface area (Å²) in [4.78, 5) is 24.5. The summed E-state index contributed by atoms with van der Waals surface area (Å²) in [5.41, 5.74) is 0. The maximum absolute atomic E-state index is 12.3. The number of carbonyl (C=O) groups excluding carboxylic acids is 2. The minimum Gasteiger partial charge on any atom is -0.462 e. The van der Waals surface area contributed by atoms with Crippen molar-refractivity contribution in [2.24, 2.45) is 0 Å². The van der Waals surface area contributed by atoms with Crippen molar-refractivity contribution in [3.05, 3.63) is 85.1 Å². The predicted molar refractivity (Wildman–Crippen MR) is 288 cm³/mol. The average molecular weight is 920 g/mol. The number of aliphatic hydroxyl groups excluding tert-OH is 1. The first kappa shape index (κ1) is 63.1. The normalized spacial score (nSPS) is 12.8. The van der Waals surface area contributed by atoms with Gasteiger partial charge in [-0.05, 0) is 70.6 Å². The first-order valence-corrected chi connectivity index (χ1v) is 28.1. The lowest BCUT2D eigenvalue weighted by atomic mass is 10.0. The van der Waals surface area contributed by atoms with E-state index in [4.69, 9.17) is 9.47 Å². The number of aliphatic hydroxyl groups is 1. The Morgan fingerprint density at radius 1 is 0.364 bits per heavy atom. The van der Waals surface area contributed by atoms with Gasteiger partial charge in [-0.2, -0.15) is 0 Å². The number of hydrogen-bond donors (Lipinski definition) is 1. The second-order valence-electron chi connectivity index (χ2n) is 18.6. The highest BCUT2D eigenvalue weighted by Crippen LogP contribution is 2.16. The molecule has 1 N–H and O–H groups in total. The van der Waals surface area contributed by atoms with Crippen LogP contribution in [0.5, 0.6) is 0 Å². The highest BCUT2D eigenvalue weighted by atomic mass is 16.6. The summed E-state index contributed by atoms with van der Waals surface area (Å²) in [6.45, 7) is 4.05. The highest BCUT2D eigenvalue weighted by molar-refractivity contribution is 5.70. The number of esters is 2. The molecule has 0 spiro atoms. The van der Waals surface area contributed by atoms with Crippen molar-refractivity contribution in [2.45, 2.75) is 277 Å². The molecule has 1 unspecified atom stereocenters. The third kappa shape index (κ3) is 53.7. The Kier molecular flexibility index (Phi) is 53.9. The zero-order valence-corrected chi connectivity index (χ0v) is 43.4. The highest BCUT2D eigenvalue weighted by Gasteiger charge is 2.16. The Morgan fingerprint density at radius 3 is 0.985 bits per heavy atom. The van der Waals surface area contributed by atoms with Crippen molar-refractivity contribution in [1.82, 2.24) is 0 Å². The molecule has 5 heteroatoms. The zero-order valence-electron chi connectivity index (χ0n) is 43.4. The van der Waals surface area contributed by atoms with Gasteiger partial charge in [-0.3, -0.25) is 9.59 Å². The summed E-state index contributed by atoms with van der Waals surface area (Å²) in [5.74, 6) is -0.582. The van der Waals surface area contributed by atoms with Crippen molar-refractivity contribution < 1.29 is 24.2 Å². The largest absolute Gasteiger partial charge is 0.462 e. The molecule has 66 heavy (non-hydrogen) atoms. The molecule has 0 aliphatic rings. The van der Waals surface area contributed by atoms with Gasteiger partial charge >= 0.3 is 11.9 Å². The summed E-state index contributed by atoms with van der Waals surface area (Å²) < 4.78 is 10.7. The van der Waals surface area contributed by atoms with Gasteiger partial charge in [0, 0.05) is 12.8 Å². The van der Waals surface area contributed by atoms with Crippen LogP contribution in [0.15, 0.2) is 85.1 Å². The molecule has 0 amide bonds. The molecular formula is C61H106O5. The first-order valence-electron chi connectivity index (χ1n) is 28.1. The lowest BCUT2D eigenvalue weighted by Crippen LogP contribution is -2.28. The molecule has 0 saturated carbocycles. The van der Waals surface area contributed by atoms with Gasteiger partial charge in [0.1, 0.15) is 6.61 Å². The lowest BCUT2D eigenvalue weighted by Gasteiger charge is -2.15. The maximum Gasteiger partial charge on any atom is 0.306 e. The van der Waals surface area contributed by atoms with Crippen LogP contribution < -0.4 is 0 Å². The van der Waals surface area contributed by atoms with Crippen molar-refractivity contribution in [1.29, 1.82) is 0 Å². The van der Waals surface area contributed by atoms with Gasteiger partial charge in [0.25, 0.3) is 0 Å². The third-order valence-electron chi connectivity index (χ3n) is 12.2. The molecule has 0 rings (SSSR count). The Balaban J connectivity index is 3.48. The molecule has 0 aromatic rings. The van der Waals surface area contributed by atoms with Crippen LogP contribution in [0.4, 0.5) is 0 Å². The molecule has 0 aromatic heterocycles. The molecule has 0 aliphatic carbocycles. The number of rotatable bonds is 51. The fourth-order valence-corrected chi connectivity index (χ4v) is 8.01. The standard InChI is InChI=1S/C61H106O5/c1-3-5-7-9-11-13-15-17-19-20-21-22-23-24-25-26-27-28-29-30-31-32-33-34-35-36-37-38-39-40-42-44-46-48-50-52-54-56-61(64)66-59(57-62)58-65-60(63)55-53-51-49-47-45-43-41-18-16-14-12-10-8-6-4-2/h5,7,11,13,17,19,21-22,24-25,27-28,30-31,59,62H,3-4,6,8-10,12,14-16,18,20,23,26,29,32-58H2,1-2H3/b7-5-,13-11-,19-17-,22-21-,25-24-,28-27-,31-30-. The number of unbranched alkanes of at least 4 members (excludes halogenated alkanes) is 29. The monoisotopic (exact) mass is 919 g/mol. The van der Waals surface area contributed by atoms with E-state index in [0.717, 1.165) is 83.5 Å². The fraction of sp³-hybridized carbons (Fsp3) is 0.738. The zero-order chi connectivity index (χ0) is 47.7.